The zero-order valence-electron chi connectivity index (χ0n) is 14.7. The second-order valence-electron chi connectivity index (χ2n) is 5.97. The van der Waals surface area contributed by atoms with Crippen LogP contribution in [0.1, 0.15) is 5.76 Å². The van der Waals surface area contributed by atoms with Crippen LogP contribution in [0, 0.1) is 10.1 Å². The molecule has 0 saturated carbocycles. The predicted octanol–water partition coefficient (Wildman–Crippen LogP) is 4.45. The largest absolute Gasteiger partial charge is 0.508 e. The first-order valence-corrected chi connectivity index (χ1v) is 9.23. The van der Waals surface area contributed by atoms with Gasteiger partial charge in [0.05, 0.1) is 21.1 Å². The van der Waals surface area contributed by atoms with E-state index < -0.39 is 4.92 Å². The van der Waals surface area contributed by atoms with Gasteiger partial charge in [-0.25, -0.2) is 4.99 Å². The summed E-state index contributed by atoms with van der Waals surface area (Å²) in [6.07, 6.45) is 1.55. The highest BCUT2D eigenvalue weighted by atomic mass is 32.2. The van der Waals surface area contributed by atoms with Crippen molar-refractivity contribution >= 4 is 40.3 Å². The number of aliphatic imine (C=N–C) groups is 1. The molecule has 1 fully saturated rings. The molecule has 0 unspecified atom stereocenters. The van der Waals surface area contributed by atoms with E-state index in [1.165, 1.54) is 18.2 Å². The third kappa shape index (κ3) is 4.04. The third-order valence-electron chi connectivity index (χ3n) is 4.00. The SMILES string of the molecule is O=C1NC(=Nc2ccc(O)cc2)S/C1=C/c1ccc(-c2ccccc2[N+](=O)[O-])o1. The summed E-state index contributed by atoms with van der Waals surface area (Å²) in [5.41, 5.74) is 0.890. The summed E-state index contributed by atoms with van der Waals surface area (Å²) >= 11 is 1.15. The summed E-state index contributed by atoms with van der Waals surface area (Å²) < 4.78 is 5.70. The molecule has 0 bridgehead atoms. The van der Waals surface area contributed by atoms with Crippen LogP contribution in [0.3, 0.4) is 0 Å². The van der Waals surface area contributed by atoms with Gasteiger partial charge in [0.15, 0.2) is 5.17 Å². The van der Waals surface area contributed by atoms with Crippen molar-refractivity contribution < 1.29 is 19.2 Å². The molecular weight excluding hydrogens is 394 g/mol. The van der Waals surface area contributed by atoms with Crippen molar-refractivity contribution in [3.63, 3.8) is 0 Å². The minimum absolute atomic E-state index is 0.0580. The Morgan fingerprint density at radius 2 is 1.86 bits per heavy atom. The summed E-state index contributed by atoms with van der Waals surface area (Å²) in [7, 11) is 0. The van der Waals surface area contributed by atoms with Crippen LogP contribution in [0.2, 0.25) is 0 Å². The van der Waals surface area contributed by atoms with Gasteiger partial charge in [0.1, 0.15) is 17.3 Å². The standard InChI is InChI=1S/C20H13N3O5S/c24-13-7-5-12(6-8-13)21-20-22-19(25)18(29-20)11-14-9-10-17(28-14)15-3-1-2-4-16(15)23(26)27/h1-11,24H,(H,21,22,25)/b18-11+. The lowest BCUT2D eigenvalue weighted by Gasteiger charge is -1.98. The molecule has 0 atom stereocenters. The van der Waals surface area contributed by atoms with Crippen molar-refractivity contribution in [2.24, 2.45) is 4.99 Å². The van der Waals surface area contributed by atoms with Gasteiger partial charge < -0.3 is 14.8 Å². The summed E-state index contributed by atoms with van der Waals surface area (Å²) in [5.74, 6) is 0.535. The maximum Gasteiger partial charge on any atom is 0.280 e. The first kappa shape index (κ1) is 18.5. The van der Waals surface area contributed by atoms with E-state index in [4.69, 9.17) is 4.42 Å². The number of thioether (sulfide) groups is 1. The van der Waals surface area contributed by atoms with Crippen molar-refractivity contribution in [1.82, 2.24) is 5.32 Å². The van der Waals surface area contributed by atoms with E-state index in [1.807, 2.05) is 0 Å². The van der Waals surface area contributed by atoms with Gasteiger partial charge in [-0.15, -0.1) is 0 Å². The van der Waals surface area contributed by atoms with E-state index in [0.29, 0.717) is 32.8 Å². The van der Waals surface area contributed by atoms with E-state index in [-0.39, 0.29) is 17.3 Å². The Morgan fingerprint density at radius 1 is 1.10 bits per heavy atom. The van der Waals surface area contributed by atoms with Gasteiger partial charge in [0.2, 0.25) is 0 Å². The summed E-state index contributed by atoms with van der Waals surface area (Å²) in [4.78, 5) is 27.6. The zero-order chi connectivity index (χ0) is 20.4. The third-order valence-corrected chi connectivity index (χ3v) is 4.91. The molecule has 0 radical (unpaired) electrons. The number of phenols is 1. The number of hydrogen-bond donors (Lipinski definition) is 2. The smallest absolute Gasteiger partial charge is 0.280 e. The van der Waals surface area contributed by atoms with Gasteiger partial charge in [0, 0.05) is 12.1 Å². The highest BCUT2D eigenvalue weighted by Crippen LogP contribution is 2.33. The molecule has 8 nitrogen and oxygen atoms in total. The number of furan rings is 1. The Kier molecular flexibility index (Phi) is 4.88. The maximum absolute atomic E-state index is 12.2. The molecule has 1 saturated heterocycles. The number of rotatable bonds is 4. The average Bonchev–Trinajstić information content (AvgIpc) is 3.30. The molecule has 2 aromatic carbocycles. The second kappa shape index (κ2) is 7.64. The van der Waals surface area contributed by atoms with Gasteiger partial charge in [-0.05, 0) is 54.2 Å². The molecule has 144 valence electrons. The summed E-state index contributed by atoms with van der Waals surface area (Å²) in [5, 5.41) is 23.6. The van der Waals surface area contributed by atoms with Crippen LogP contribution in [0.4, 0.5) is 11.4 Å². The first-order valence-electron chi connectivity index (χ1n) is 8.42. The Balaban J connectivity index is 1.57. The molecule has 1 aliphatic heterocycles. The van der Waals surface area contributed by atoms with Crippen molar-refractivity contribution in [1.29, 1.82) is 0 Å². The number of benzene rings is 2. The number of nitrogens with zero attached hydrogens (tertiary/aromatic N) is 2. The van der Waals surface area contributed by atoms with E-state index in [0.717, 1.165) is 11.8 Å². The molecular formula is C20H13N3O5S. The highest BCUT2D eigenvalue weighted by molar-refractivity contribution is 8.18. The van der Waals surface area contributed by atoms with E-state index in [2.05, 4.69) is 10.3 Å². The molecule has 9 heteroatoms. The Morgan fingerprint density at radius 3 is 2.62 bits per heavy atom. The minimum Gasteiger partial charge on any atom is -0.508 e. The number of carbonyl (C=O) groups excluding carboxylic acids is 1. The maximum atomic E-state index is 12.2. The first-order chi connectivity index (χ1) is 14.0. The molecule has 0 spiro atoms. The van der Waals surface area contributed by atoms with Crippen molar-refractivity contribution in [2.75, 3.05) is 0 Å². The predicted molar refractivity (Wildman–Crippen MR) is 110 cm³/mol. The fourth-order valence-corrected chi connectivity index (χ4v) is 3.49. The van der Waals surface area contributed by atoms with E-state index >= 15 is 0 Å². The van der Waals surface area contributed by atoms with Crippen LogP contribution in [0.25, 0.3) is 17.4 Å². The van der Waals surface area contributed by atoms with E-state index in [1.54, 1.807) is 48.5 Å². The Bertz CT molecular complexity index is 1160. The van der Waals surface area contributed by atoms with Crippen LogP contribution in [0.5, 0.6) is 5.75 Å². The van der Waals surface area contributed by atoms with E-state index in [9.17, 15) is 20.0 Å². The summed E-state index contributed by atoms with van der Waals surface area (Å²) in [6.45, 7) is 0. The zero-order valence-corrected chi connectivity index (χ0v) is 15.6. The fourth-order valence-electron chi connectivity index (χ4n) is 2.67. The highest BCUT2D eigenvalue weighted by Gasteiger charge is 2.24. The molecule has 3 aromatic rings. The minimum atomic E-state index is -0.470. The van der Waals surface area contributed by atoms with Gasteiger partial charge in [-0.3, -0.25) is 14.9 Å². The molecule has 4 rings (SSSR count). The number of para-hydroxylation sites is 1. The lowest BCUT2D eigenvalue weighted by atomic mass is 10.1. The molecule has 1 aliphatic rings. The number of amides is 1. The van der Waals surface area contributed by atoms with Crippen LogP contribution < -0.4 is 5.32 Å². The number of nitro groups is 1. The number of nitro benzene ring substituents is 1. The van der Waals surface area contributed by atoms with Gasteiger partial charge in [0.25, 0.3) is 11.6 Å². The quantitative estimate of drug-likeness (QED) is 0.375. The van der Waals surface area contributed by atoms with Crippen LogP contribution in [-0.2, 0) is 4.79 Å². The average molecular weight is 407 g/mol. The molecule has 1 aromatic heterocycles. The monoisotopic (exact) mass is 407 g/mol. The molecule has 1 amide bonds. The number of hydrogen-bond acceptors (Lipinski definition) is 7. The fraction of sp³-hybridized carbons (Fsp3) is 0. The van der Waals surface area contributed by atoms with Crippen LogP contribution >= 0.6 is 11.8 Å². The van der Waals surface area contributed by atoms with Gasteiger partial charge in [-0.1, -0.05) is 12.1 Å². The summed E-state index contributed by atoms with van der Waals surface area (Å²) in [6, 6.07) is 15.8. The number of phenolic OH excluding ortho intramolecular Hbond substituents is 1. The van der Waals surface area contributed by atoms with Gasteiger partial charge in [-0.2, -0.15) is 0 Å². The normalized spacial score (nSPS) is 16.3. The molecule has 2 heterocycles. The lowest BCUT2D eigenvalue weighted by molar-refractivity contribution is -0.384. The molecule has 29 heavy (non-hydrogen) atoms. The lowest BCUT2D eigenvalue weighted by Crippen LogP contribution is -2.19. The number of nitrogens with one attached hydrogen (secondary N) is 1. The molecule has 0 aliphatic carbocycles. The second-order valence-corrected chi connectivity index (χ2v) is 7.01. The Hall–Kier alpha value is -3.85. The number of aromatic hydroxyl groups is 1. The Labute approximate surface area is 168 Å². The number of amidine groups is 1. The van der Waals surface area contributed by atoms with Crippen LogP contribution in [0.15, 0.2) is 75.0 Å². The van der Waals surface area contributed by atoms with Crippen molar-refractivity contribution in [2.45, 2.75) is 0 Å². The van der Waals surface area contributed by atoms with Crippen LogP contribution in [-0.4, -0.2) is 21.1 Å². The topological polar surface area (TPSA) is 118 Å². The number of carbonyl (C=O) groups is 1. The molecule has 2 N–H and O–H groups in total. The van der Waals surface area contributed by atoms with Crippen molar-refractivity contribution in [3.8, 4) is 17.1 Å². The van der Waals surface area contributed by atoms with Crippen molar-refractivity contribution in [3.05, 3.63) is 81.4 Å². The van der Waals surface area contributed by atoms with Gasteiger partial charge >= 0.3 is 0 Å².